The normalized spacial score (nSPS) is 12.9. The molecule has 0 saturated carbocycles. The Labute approximate surface area is 127 Å². The van der Waals surface area contributed by atoms with Crippen LogP contribution < -0.4 is 4.72 Å². The van der Waals surface area contributed by atoms with Gasteiger partial charge in [0.15, 0.2) is 0 Å². The Bertz CT molecular complexity index is 537. The van der Waals surface area contributed by atoms with Gasteiger partial charge in [0.1, 0.15) is 0 Å². The molecule has 1 N–H and O–H groups in total. The van der Waals surface area contributed by atoms with E-state index in [1.165, 1.54) is 12.1 Å². The molecule has 0 aliphatic heterocycles. The van der Waals surface area contributed by atoms with Gasteiger partial charge >= 0.3 is 0 Å². The number of nitrogens with zero attached hydrogens (tertiary/aromatic N) is 1. The molecule has 5 nitrogen and oxygen atoms in total. The van der Waals surface area contributed by atoms with E-state index in [1.807, 2.05) is 13.8 Å². The Morgan fingerprint density at radius 2 is 1.67 bits per heavy atom. The molecule has 21 heavy (non-hydrogen) atoms. The van der Waals surface area contributed by atoms with Gasteiger partial charge in [-0.15, -0.1) is 0 Å². The van der Waals surface area contributed by atoms with Crippen LogP contribution in [0.4, 0.5) is 0 Å². The van der Waals surface area contributed by atoms with Gasteiger partial charge in [-0.25, -0.2) is 8.42 Å². The van der Waals surface area contributed by atoms with Crippen LogP contribution >= 0.6 is 0 Å². The highest BCUT2D eigenvalue weighted by atomic mass is 32.2. The number of amides is 1. The van der Waals surface area contributed by atoms with E-state index in [0.29, 0.717) is 13.1 Å². The zero-order valence-electron chi connectivity index (χ0n) is 12.9. The Morgan fingerprint density at radius 1 is 1.14 bits per heavy atom. The first-order valence-electron chi connectivity index (χ1n) is 7.28. The third-order valence-electron chi connectivity index (χ3n) is 3.05. The lowest BCUT2D eigenvalue weighted by Gasteiger charge is -2.25. The van der Waals surface area contributed by atoms with Gasteiger partial charge in [-0.1, -0.05) is 32.0 Å². The molecule has 0 heterocycles. The first-order chi connectivity index (χ1) is 9.92. The van der Waals surface area contributed by atoms with E-state index in [2.05, 4.69) is 4.72 Å². The molecule has 118 valence electrons. The number of rotatable bonds is 8. The van der Waals surface area contributed by atoms with Crippen LogP contribution in [0.15, 0.2) is 35.2 Å². The number of sulfonamides is 1. The predicted octanol–water partition coefficient (Wildman–Crippen LogP) is 2.00. The van der Waals surface area contributed by atoms with Crippen molar-refractivity contribution in [3.63, 3.8) is 0 Å². The van der Waals surface area contributed by atoms with Gasteiger partial charge in [-0.05, 0) is 31.9 Å². The van der Waals surface area contributed by atoms with Gasteiger partial charge in [-0.3, -0.25) is 4.79 Å². The van der Waals surface area contributed by atoms with Crippen LogP contribution in [0.2, 0.25) is 0 Å². The summed E-state index contributed by atoms with van der Waals surface area (Å²) in [5.74, 6) is -0.182. The lowest BCUT2D eigenvalue weighted by Crippen LogP contribution is -2.47. The number of carbonyl (C=O) groups is 1. The highest BCUT2D eigenvalue weighted by Gasteiger charge is 2.25. The van der Waals surface area contributed by atoms with Crippen molar-refractivity contribution in [3.05, 3.63) is 30.3 Å². The van der Waals surface area contributed by atoms with E-state index in [0.717, 1.165) is 12.8 Å². The van der Waals surface area contributed by atoms with Crippen LogP contribution in [-0.2, 0) is 14.8 Å². The van der Waals surface area contributed by atoms with Crippen molar-refractivity contribution in [1.82, 2.24) is 9.62 Å². The molecule has 0 saturated heterocycles. The standard InChI is InChI=1S/C15H24N2O3S/c1-4-11-17(12-5-2)15(18)13(3)16-21(19,20)14-9-7-6-8-10-14/h6-10,13,16H,4-5,11-12H2,1-3H3. The summed E-state index contributed by atoms with van der Waals surface area (Å²) >= 11 is 0. The molecular formula is C15H24N2O3S. The summed E-state index contributed by atoms with van der Waals surface area (Å²) in [6, 6.07) is 7.30. The molecule has 1 rings (SSSR count). The maximum atomic E-state index is 12.3. The summed E-state index contributed by atoms with van der Waals surface area (Å²) in [5, 5.41) is 0. The van der Waals surface area contributed by atoms with Gasteiger partial charge in [0.25, 0.3) is 0 Å². The first-order valence-corrected chi connectivity index (χ1v) is 8.76. The van der Waals surface area contributed by atoms with Crippen LogP contribution in [0.25, 0.3) is 0 Å². The maximum Gasteiger partial charge on any atom is 0.241 e. The zero-order valence-corrected chi connectivity index (χ0v) is 13.7. The number of hydrogen-bond acceptors (Lipinski definition) is 3. The van der Waals surface area contributed by atoms with Crippen LogP contribution in [0.1, 0.15) is 33.6 Å². The fraction of sp³-hybridized carbons (Fsp3) is 0.533. The first kappa shape index (κ1) is 17.7. The lowest BCUT2D eigenvalue weighted by atomic mass is 10.2. The van der Waals surface area contributed by atoms with Crippen molar-refractivity contribution in [1.29, 1.82) is 0 Å². The molecule has 0 aliphatic carbocycles. The monoisotopic (exact) mass is 312 g/mol. The van der Waals surface area contributed by atoms with E-state index in [1.54, 1.807) is 30.0 Å². The molecule has 1 aromatic carbocycles. The highest BCUT2D eigenvalue weighted by Crippen LogP contribution is 2.09. The Morgan fingerprint density at radius 3 is 2.14 bits per heavy atom. The lowest BCUT2D eigenvalue weighted by molar-refractivity contribution is -0.132. The summed E-state index contributed by atoms with van der Waals surface area (Å²) in [7, 11) is -3.67. The number of hydrogen-bond donors (Lipinski definition) is 1. The summed E-state index contributed by atoms with van der Waals surface area (Å²) in [5.41, 5.74) is 0. The summed E-state index contributed by atoms with van der Waals surface area (Å²) in [6.45, 7) is 6.86. The van der Waals surface area contributed by atoms with Crippen molar-refractivity contribution in [2.24, 2.45) is 0 Å². The molecule has 6 heteroatoms. The molecule has 1 atom stereocenters. The third-order valence-corrected chi connectivity index (χ3v) is 4.61. The zero-order chi connectivity index (χ0) is 15.9. The van der Waals surface area contributed by atoms with Crippen LogP contribution in [0.3, 0.4) is 0 Å². The second-order valence-corrected chi connectivity index (χ2v) is 6.70. The van der Waals surface area contributed by atoms with Gasteiger partial charge in [-0.2, -0.15) is 4.72 Å². The average molecular weight is 312 g/mol. The molecule has 0 bridgehead atoms. The third kappa shape index (κ3) is 5.13. The minimum absolute atomic E-state index is 0.169. The molecule has 0 fully saturated rings. The average Bonchev–Trinajstić information content (AvgIpc) is 2.46. The van der Waals surface area contributed by atoms with Crippen molar-refractivity contribution < 1.29 is 13.2 Å². The molecule has 1 unspecified atom stereocenters. The highest BCUT2D eigenvalue weighted by molar-refractivity contribution is 7.89. The molecule has 1 amide bonds. The Kier molecular flexibility index (Phi) is 6.84. The predicted molar refractivity (Wildman–Crippen MR) is 83.4 cm³/mol. The van der Waals surface area contributed by atoms with E-state index in [4.69, 9.17) is 0 Å². The second-order valence-electron chi connectivity index (χ2n) is 4.98. The van der Waals surface area contributed by atoms with Crippen LogP contribution in [-0.4, -0.2) is 38.4 Å². The van der Waals surface area contributed by atoms with Crippen molar-refractivity contribution >= 4 is 15.9 Å². The van der Waals surface area contributed by atoms with Crippen molar-refractivity contribution in [2.75, 3.05) is 13.1 Å². The van der Waals surface area contributed by atoms with Gasteiger partial charge < -0.3 is 4.90 Å². The van der Waals surface area contributed by atoms with Gasteiger partial charge in [0.2, 0.25) is 15.9 Å². The Balaban J connectivity index is 2.79. The van der Waals surface area contributed by atoms with E-state index in [9.17, 15) is 13.2 Å². The number of carbonyl (C=O) groups excluding carboxylic acids is 1. The van der Waals surface area contributed by atoms with Crippen molar-refractivity contribution in [3.8, 4) is 0 Å². The number of benzene rings is 1. The summed E-state index contributed by atoms with van der Waals surface area (Å²) in [4.78, 5) is 14.2. The number of nitrogens with one attached hydrogen (secondary N) is 1. The fourth-order valence-corrected chi connectivity index (χ4v) is 3.31. The van der Waals surface area contributed by atoms with Crippen LogP contribution in [0, 0.1) is 0 Å². The van der Waals surface area contributed by atoms with E-state index in [-0.39, 0.29) is 10.8 Å². The fourth-order valence-electron chi connectivity index (χ4n) is 2.10. The summed E-state index contributed by atoms with van der Waals surface area (Å²) in [6.07, 6.45) is 1.70. The van der Waals surface area contributed by atoms with Gasteiger partial charge in [0.05, 0.1) is 10.9 Å². The maximum absolute atomic E-state index is 12.3. The van der Waals surface area contributed by atoms with Gasteiger partial charge in [0, 0.05) is 13.1 Å². The Hall–Kier alpha value is -1.40. The van der Waals surface area contributed by atoms with Crippen LogP contribution in [0.5, 0.6) is 0 Å². The van der Waals surface area contributed by atoms with Crippen molar-refractivity contribution in [2.45, 2.75) is 44.6 Å². The molecule has 0 aliphatic rings. The molecular weight excluding hydrogens is 288 g/mol. The minimum Gasteiger partial charge on any atom is -0.341 e. The van der Waals surface area contributed by atoms with E-state index < -0.39 is 16.1 Å². The van der Waals surface area contributed by atoms with E-state index >= 15 is 0 Å². The molecule has 0 aromatic heterocycles. The molecule has 1 aromatic rings. The SMILES string of the molecule is CCCN(CCC)C(=O)C(C)NS(=O)(=O)c1ccccc1. The summed E-state index contributed by atoms with van der Waals surface area (Å²) < 4.78 is 26.9. The molecule has 0 spiro atoms. The quantitative estimate of drug-likeness (QED) is 0.798. The second kappa shape index (κ2) is 8.14. The largest absolute Gasteiger partial charge is 0.341 e. The topological polar surface area (TPSA) is 66.5 Å². The molecule has 0 radical (unpaired) electrons. The minimum atomic E-state index is -3.67. The smallest absolute Gasteiger partial charge is 0.241 e.